The third-order valence-electron chi connectivity index (χ3n) is 5.27. The zero-order chi connectivity index (χ0) is 17.9. The first kappa shape index (κ1) is 16.5. The van der Waals surface area contributed by atoms with Crippen LogP contribution in [0.4, 0.5) is 0 Å². The molecule has 1 aliphatic heterocycles. The van der Waals surface area contributed by atoms with E-state index < -0.39 is 0 Å². The van der Waals surface area contributed by atoms with Gasteiger partial charge in [-0.25, -0.2) is 0 Å². The number of allylic oxidation sites excluding steroid dienone is 2. The van der Waals surface area contributed by atoms with Gasteiger partial charge in [-0.05, 0) is 29.4 Å². The second kappa shape index (κ2) is 7.12. The second-order valence-electron chi connectivity index (χ2n) is 6.89. The number of fused-ring (bicyclic) bond motifs is 1. The Balaban J connectivity index is 1.57. The Kier molecular flexibility index (Phi) is 4.53. The fourth-order valence-electron chi connectivity index (χ4n) is 4.01. The number of hydrogen-bond acceptors (Lipinski definition) is 3. The predicted molar refractivity (Wildman–Crippen MR) is 101 cm³/mol. The van der Waals surface area contributed by atoms with Crippen LogP contribution in [0.3, 0.4) is 0 Å². The molecular formula is C23H20O3. The van der Waals surface area contributed by atoms with Gasteiger partial charge in [-0.15, -0.1) is 0 Å². The summed E-state index contributed by atoms with van der Waals surface area (Å²) in [6, 6.07) is 20.0. The van der Waals surface area contributed by atoms with Crippen LogP contribution in [0.5, 0.6) is 0 Å². The molecular weight excluding hydrogens is 324 g/mol. The van der Waals surface area contributed by atoms with Crippen LogP contribution in [0.25, 0.3) is 12.2 Å². The predicted octanol–water partition coefficient (Wildman–Crippen LogP) is 4.37. The summed E-state index contributed by atoms with van der Waals surface area (Å²) in [7, 11) is 0. The van der Waals surface area contributed by atoms with Gasteiger partial charge in [0.2, 0.25) is 0 Å². The van der Waals surface area contributed by atoms with Crippen LogP contribution in [-0.2, 0) is 14.3 Å². The maximum Gasteiger partial charge on any atom is 0.318 e. The average Bonchev–Trinajstić information content (AvgIpc) is 3.19. The summed E-state index contributed by atoms with van der Waals surface area (Å²) in [5, 5.41) is 0. The van der Waals surface area contributed by atoms with Crippen LogP contribution in [0.2, 0.25) is 0 Å². The molecule has 2 aliphatic rings. The van der Waals surface area contributed by atoms with E-state index in [1.54, 1.807) is 0 Å². The van der Waals surface area contributed by atoms with Crippen LogP contribution >= 0.6 is 0 Å². The van der Waals surface area contributed by atoms with Crippen molar-refractivity contribution >= 4 is 24.1 Å². The number of benzene rings is 2. The molecule has 0 unspecified atom stereocenters. The Labute approximate surface area is 153 Å². The molecule has 2 fully saturated rings. The zero-order valence-electron chi connectivity index (χ0n) is 14.3. The van der Waals surface area contributed by atoms with Gasteiger partial charge in [0.05, 0.1) is 11.8 Å². The van der Waals surface area contributed by atoms with Crippen molar-refractivity contribution in [3.8, 4) is 0 Å². The average molecular weight is 344 g/mol. The molecule has 1 heterocycles. The summed E-state index contributed by atoms with van der Waals surface area (Å²) >= 11 is 0. The lowest BCUT2D eigenvalue weighted by molar-refractivity contribution is -0.154. The summed E-state index contributed by atoms with van der Waals surface area (Å²) in [4.78, 5) is 24.4. The number of esters is 2. The van der Waals surface area contributed by atoms with Gasteiger partial charge < -0.3 is 4.74 Å². The summed E-state index contributed by atoms with van der Waals surface area (Å²) in [5.41, 5.74) is 2.18. The van der Waals surface area contributed by atoms with Crippen molar-refractivity contribution in [1.82, 2.24) is 0 Å². The van der Waals surface area contributed by atoms with Gasteiger partial charge in [0.1, 0.15) is 0 Å². The molecule has 4 rings (SSSR count). The first-order chi connectivity index (χ1) is 12.7. The minimum atomic E-state index is -0.377. The van der Waals surface area contributed by atoms with Crippen molar-refractivity contribution in [2.75, 3.05) is 0 Å². The summed E-state index contributed by atoms with van der Waals surface area (Å²) in [6.45, 7) is 0. The zero-order valence-corrected chi connectivity index (χ0v) is 14.3. The van der Waals surface area contributed by atoms with Crippen molar-refractivity contribution in [3.63, 3.8) is 0 Å². The Morgan fingerprint density at radius 2 is 1.12 bits per heavy atom. The van der Waals surface area contributed by atoms with Crippen molar-refractivity contribution in [2.45, 2.75) is 6.42 Å². The smallest absolute Gasteiger partial charge is 0.318 e. The maximum atomic E-state index is 12.2. The first-order valence-corrected chi connectivity index (χ1v) is 8.94. The number of ether oxygens (including phenoxy) is 1. The van der Waals surface area contributed by atoms with E-state index in [0.29, 0.717) is 0 Å². The fraction of sp³-hybridized carbons (Fsp3) is 0.217. The molecule has 1 saturated carbocycles. The van der Waals surface area contributed by atoms with Gasteiger partial charge in [0.25, 0.3) is 0 Å². The Morgan fingerprint density at radius 3 is 1.54 bits per heavy atom. The highest BCUT2D eigenvalue weighted by molar-refractivity contribution is 5.97. The van der Waals surface area contributed by atoms with E-state index in [9.17, 15) is 9.59 Å². The highest BCUT2D eigenvalue weighted by Gasteiger charge is 2.55. The molecule has 2 aromatic rings. The number of carbonyl (C=O) groups excluding carboxylic acids is 2. The van der Waals surface area contributed by atoms with Crippen LogP contribution in [0, 0.1) is 23.7 Å². The van der Waals surface area contributed by atoms with E-state index in [4.69, 9.17) is 4.74 Å². The molecule has 3 heteroatoms. The van der Waals surface area contributed by atoms with Gasteiger partial charge in [0, 0.05) is 0 Å². The molecule has 4 atom stereocenters. The molecule has 130 valence electrons. The van der Waals surface area contributed by atoms with Crippen molar-refractivity contribution in [3.05, 3.63) is 83.9 Å². The van der Waals surface area contributed by atoms with Crippen LogP contribution in [0.15, 0.2) is 72.8 Å². The van der Waals surface area contributed by atoms with Gasteiger partial charge in [0.15, 0.2) is 0 Å². The SMILES string of the molecule is O=C1OC(=O)[C@H]2[C@@H]1[C@@H](/C=C/c1ccccc1)C[C@H]2/C=C/c1ccccc1. The van der Waals surface area contributed by atoms with Gasteiger partial charge in [-0.1, -0.05) is 85.0 Å². The molecule has 3 nitrogen and oxygen atoms in total. The van der Waals surface area contributed by atoms with E-state index >= 15 is 0 Å². The highest BCUT2D eigenvalue weighted by Crippen LogP contribution is 2.48. The summed E-state index contributed by atoms with van der Waals surface area (Å²) in [5.74, 6) is -1.45. The molecule has 0 aromatic heterocycles. The lowest BCUT2D eigenvalue weighted by Gasteiger charge is -2.09. The molecule has 0 bridgehead atoms. The molecule has 1 saturated heterocycles. The molecule has 26 heavy (non-hydrogen) atoms. The van der Waals surface area contributed by atoms with Crippen LogP contribution in [0.1, 0.15) is 17.5 Å². The van der Waals surface area contributed by atoms with Gasteiger partial charge >= 0.3 is 11.9 Å². The Hall–Kier alpha value is -2.94. The number of rotatable bonds is 4. The minimum Gasteiger partial charge on any atom is -0.393 e. The largest absolute Gasteiger partial charge is 0.393 e. The van der Waals surface area contributed by atoms with E-state index in [1.165, 1.54) is 0 Å². The fourth-order valence-corrected chi connectivity index (χ4v) is 4.01. The second-order valence-corrected chi connectivity index (χ2v) is 6.89. The molecule has 1 aliphatic carbocycles. The van der Waals surface area contributed by atoms with Crippen molar-refractivity contribution in [2.24, 2.45) is 23.7 Å². The molecule has 0 N–H and O–H groups in total. The minimum absolute atomic E-state index is 0.0181. The quantitative estimate of drug-likeness (QED) is 0.611. The lowest BCUT2D eigenvalue weighted by atomic mass is 9.88. The Bertz CT molecular complexity index is 780. The van der Waals surface area contributed by atoms with Gasteiger partial charge in [-0.3, -0.25) is 9.59 Å². The summed E-state index contributed by atoms with van der Waals surface area (Å²) < 4.78 is 4.95. The molecule has 2 aromatic carbocycles. The lowest BCUT2D eigenvalue weighted by Crippen LogP contribution is -2.19. The van der Waals surface area contributed by atoms with Crippen LogP contribution < -0.4 is 0 Å². The topological polar surface area (TPSA) is 43.4 Å². The van der Waals surface area contributed by atoms with Crippen molar-refractivity contribution in [1.29, 1.82) is 0 Å². The standard InChI is InChI=1S/C23H20O3/c24-22-20-18(13-11-16-7-3-1-4-8-16)15-19(21(20)23(25)26-22)14-12-17-9-5-2-6-10-17/h1-14,18-21H,15H2/b13-11+,14-12+/t18-,19+,20-,21+. The monoisotopic (exact) mass is 344 g/mol. The number of carbonyl (C=O) groups is 2. The van der Waals surface area contributed by atoms with Crippen LogP contribution in [-0.4, -0.2) is 11.9 Å². The third kappa shape index (κ3) is 3.25. The van der Waals surface area contributed by atoms with Crippen molar-refractivity contribution < 1.29 is 14.3 Å². The number of hydrogen-bond donors (Lipinski definition) is 0. The molecule has 0 spiro atoms. The van der Waals surface area contributed by atoms with E-state index in [-0.39, 0.29) is 35.6 Å². The maximum absolute atomic E-state index is 12.2. The summed E-state index contributed by atoms with van der Waals surface area (Å²) in [6.07, 6.45) is 8.96. The third-order valence-corrected chi connectivity index (χ3v) is 5.27. The van der Waals surface area contributed by atoms with Gasteiger partial charge in [-0.2, -0.15) is 0 Å². The normalized spacial score (nSPS) is 28.0. The van der Waals surface area contributed by atoms with E-state index in [2.05, 4.69) is 12.2 Å². The Morgan fingerprint density at radius 1 is 0.692 bits per heavy atom. The highest BCUT2D eigenvalue weighted by atomic mass is 16.6. The van der Waals surface area contributed by atoms with E-state index in [1.807, 2.05) is 72.8 Å². The molecule has 0 amide bonds. The van der Waals surface area contributed by atoms with E-state index in [0.717, 1.165) is 17.5 Å². The molecule has 0 radical (unpaired) electrons. The number of cyclic esters (lactones) is 2. The first-order valence-electron chi connectivity index (χ1n) is 8.94.